The third kappa shape index (κ3) is 1.56. The van der Waals surface area contributed by atoms with E-state index in [4.69, 9.17) is 0 Å². The van der Waals surface area contributed by atoms with Crippen LogP contribution in [-0.2, 0) is 7.05 Å². The van der Waals surface area contributed by atoms with Gasteiger partial charge in [0.05, 0.1) is 4.60 Å². The van der Waals surface area contributed by atoms with Crippen LogP contribution in [0, 0.1) is 0 Å². The van der Waals surface area contributed by atoms with Crippen LogP contribution in [0.25, 0.3) is 22.2 Å². The van der Waals surface area contributed by atoms with Crippen LogP contribution in [0.1, 0.15) is 0 Å². The standard InChI is InChI=1S/C13H10BrN3/c1-17-12(14)11(9-4-2-6-15-8-9)10-5-3-7-16-13(10)17/h2-8H,1H3. The Kier molecular flexibility index (Phi) is 2.44. The molecule has 3 nitrogen and oxygen atoms in total. The number of aryl methyl sites for hydroxylation is 1. The van der Waals surface area contributed by atoms with E-state index < -0.39 is 0 Å². The van der Waals surface area contributed by atoms with E-state index in [0.29, 0.717) is 0 Å². The summed E-state index contributed by atoms with van der Waals surface area (Å²) in [6.45, 7) is 0. The Morgan fingerprint density at radius 3 is 2.76 bits per heavy atom. The number of hydrogen-bond acceptors (Lipinski definition) is 2. The molecule has 17 heavy (non-hydrogen) atoms. The topological polar surface area (TPSA) is 30.7 Å². The average Bonchev–Trinajstić information content (AvgIpc) is 2.64. The second-order valence-corrected chi connectivity index (χ2v) is 4.59. The molecule has 3 heterocycles. The van der Waals surface area contributed by atoms with Crippen molar-refractivity contribution in [2.45, 2.75) is 0 Å². The van der Waals surface area contributed by atoms with Crippen molar-refractivity contribution in [2.24, 2.45) is 7.05 Å². The molecular weight excluding hydrogens is 278 g/mol. The summed E-state index contributed by atoms with van der Waals surface area (Å²) in [5.41, 5.74) is 3.21. The lowest BCUT2D eigenvalue weighted by Crippen LogP contribution is -1.88. The molecule has 3 rings (SSSR count). The summed E-state index contributed by atoms with van der Waals surface area (Å²) in [6.07, 6.45) is 5.45. The lowest BCUT2D eigenvalue weighted by atomic mass is 10.1. The van der Waals surface area contributed by atoms with E-state index in [1.54, 1.807) is 6.20 Å². The third-order valence-electron chi connectivity index (χ3n) is 2.82. The van der Waals surface area contributed by atoms with Crippen molar-refractivity contribution in [1.82, 2.24) is 14.5 Å². The molecule has 0 aromatic carbocycles. The molecule has 0 aliphatic rings. The molecule has 0 unspecified atom stereocenters. The third-order valence-corrected chi connectivity index (χ3v) is 3.75. The second kappa shape index (κ2) is 3.96. The Bertz CT molecular complexity index is 674. The minimum atomic E-state index is 0.971. The molecule has 84 valence electrons. The smallest absolute Gasteiger partial charge is 0.141 e. The maximum atomic E-state index is 4.40. The Morgan fingerprint density at radius 2 is 2.00 bits per heavy atom. The molecule has 0 saturated carbocycles. The first kappa shape index (κ1) is 10.5. The molecule has 4 heteroatoms. The van der Waals surface area contributed by atoms with Crippen LogP contribution < -0.4 is 0 Å². The Labute approximate surface area is 107 Å². The van der Waals surface area contributed by atoms with Crippen LogP contribution in [0.5, 0.6) is 0 Å². The summed E-state index contributed by atoms with van der Waals surface area (Å²) in [7, 11) is 2.00. The molecule has 0 bridgehead atoms. The van der Waals surface area contributed by atoms with Crippen molar-refractivity contribution >= 4 is 27.0 Å². The van der Waals surface area contributed by atoms with Crippen molar-refractivity contribution in [3.05, 3.63) is 47.5 Å². The predicted molar refractivity (Wildman–Crippen MR) is 71.6 cm³/mol. The average molecular weight is 288 g/mol. The number of fused-ring (bicyclic) bond motifs is 1. The van der Waals surface area contributed by atoms with Crippen LogP contribution >= 0.6 is 15.9 Å². The monoisotopic (exact) mass is 287 g/mol. The van der Waals surface area contributed by atoms with E-state index in [-0.39, 0.29) is 0 Å². The molecule has 0 fully saturated rings. The fourth-order valence-corrected chi connectivity index (χ4v) is 2.63. The lowest BCUT2D eigenvalue weighted by Gasteiger charge is -1.99. The highest BCUT2D eigenvalue weighted by molar-refractivity contribution is 9.10. The molecule has 0 spiro atoms. The van der Waals surface area contributed by atoms with E-state index >= 15 is 0 Å². The maximum Gasteiger partial charge on any atom is 0.141 e. The van der Waals surface area contributed by atoms with Crippen LogP contribution in [0.3, 0.4) is 0 Å². The van der Waals surface area contributed by atoms with Crippen molar-refractivity contribution < 1.29 is 0 Å². The van der Waals surface area contributed by atoms with Gasteiger partial charge in [0, 0.05) is 42.2 Å². The van der Waals surface area contributed by atoms with Gasteiger partial charge in [-0.05, 0) is 34.1 Å². The zero-order valence-electron chi connectivity index (χ0n) is 9.26. The van der Waals surface area contributed by atoms with Gasteiger partial charge >= 0.3 is 0 Å². The molecule has 0 aliphatic carbocycles. The number of rotatable bonds is 1. The molecule has 0 saturated heterocycles. The number of nitrogens with zero attached hydrogens (tertiary/aromatic N) is 3. The molecular formula is C13H10BrN3. The predicted octanol–water partition coefficient (Wildman–Crippen LogP) is 3.40. The molecule has 3 aromatic heterocycles. The summed E-state index contributed by atoms with van der Waals surface area (Å²) in [6, 6.07) is 8.03. The van der Waals surface area contributed by atoms with Gasteiger partial charge in [0.25, 0.3) is 0 Å². The highest BCUT2D eigenvalue weighted by atomic mass is 79.9. The van der Waals surface area contributed by atoms with Gasteiger partial charge in [-0.25, -0.2) is 4.98 Å². The number of aromatic nitrogens is 3. The fourth-order valence-electron chi connectivity index (χ4n) is 2.02. The minimum absolute atomic E-state index is 0.971. The van der Waals surface area contributed by atoms with E-state index in [9.17, 15) is 0 Å². The van der Waals surface area contributed by atoms with E-state index in [1.807, 2.05) is 36.1 Å². The van der Waals surface area contributed by atoms with Gasteiger partial charge in [0.2, 0.25) is 0 Å². The zero-order chi connectivity index (χ0) is 11.8. The molecule has 0 aliphatic heterocycles. The van der Waals surface area contributed by atoms with E-state index in [0.717, 1.165) is 26.8 Å². The minimum Gasteiger partial charge on any atom is -0.323 e. The molecule has 3 aromatic rings. The van der Waals surface area contributed by atoms with Crippen molar-refractivity contribution in [3.63, 3.8) is 0 Å². The molecule has 0 N–H and O–H groups in total. The van der Waals surface area contributed by atoms with Crippen LogP contribution in [0.4, 0.5) is 0 Å². The quantitative estimate of drug-likeness (QED) is 0.687. The van der Waals surface area contributed by atoms with Crippen molar-refractivity contribution in [2.75, 3.05) is 0 Å². The Hall–Kier alpha value is -1.68. The van der Waals surface area contributed by atoms with Gasteiger partial charge in [0.15, 0.2) is 0 Å². The largest absolute Gasteiger partial charge is 0.323 e. The molecule has 0 atom stereocenters. The summed E-state index contributed by atoms with van der Waals surface area (Å²) < 4.78 is 3.07. The van der Waals surface area contributed by atoms with Crippen LogP contribution in [0.15, 0.2) is 47.5 Å². The van der Waals surface area contributed by atoms with Gasteiger partial charge in [0.1, 0.15) is 5.65 Å². The maximum absolute atomic E-state index is 4.40. The van der Waals surface area contributed by atoms with Crippen molar-refractivity contribution in [1.29, 1.82) is 0 Å². The van der Waals surface area contributed by atoms with Gasteiger partial charge in [-0.3, -0.25) is 4.98 Å². The van der Waals surface area contributed by atoms with Crippen molar-refractivity contribution in [3.8, 4) is 11.1 Å². The van der Waals surface area contributed by atoms with Gasteiger partial charge in [-0.2, -0.15) is 0 Å². The SMILES string of the molecule is Cn1c(Br)c(-c2cccnc2)c2cccnc21. The first-order chi connectivity index (χ1) is 8.29. The zero-order valence-corrected chi connectivity index (χ0v) is 10.8. The highest BCUT2D eigenvalue weighted by Gasteiger charge is 2.14. The summed E-state index contributed by atoms with van der Waals surface area (Å²) >= 11 is 3.63. The first-order valence-electron chi connectivity index (χ1n) is 5.28. The summed E-state index contributed by atoms with van der Waals surface area (Å²) in [4.78, 5) is 8.57. The van der Waals surface area contributed by atoms with Crippen LogP contribution in [0.2, 0.25) is 0 Å². The molecule has 0 amide bonds. The Balaban J connectivity index is 2.41. The van der Waals surface area contributed by atoms with E-state index in [1.165, 1.54) is 0 Å². The highest BCUT2D eigenvalue weighted by Crippen LogP contribution is 2.36. The molecule has 0 radical (unpaired) electrons. The van der Waals surface area contributed by atoms with E-state index in [2.05, 4.69) is 38.0 Å². The second-order valence-electron chi connectivity index (χ2n) is 3.84. The Morgan fingerprint density at radius 1 is 1.18 bits per heavy atom. The van der Waals surface area contributed by atoms with Gasteiger partial charge in [-0.15, -0.1) is 0 Å². The number of halogens is 1. The number of pyridine rings is 2. The lowest BCUT2D eigenvalue weighted by molar-refractivity contribution is 0.923. The normalized spacial score (nSPS) is 10.9. The summed E-state index contributed by atoms with van der Waals surface area (Å²) in [5.74, 6) is 0. The van der Waals surface area contributed by atoms with Gasteiger partial charge < -0.3 is 4.57 Å². The summed E-state index contributed by atoms with van der Waals surface area (Å²) in [5, 5.41) is 1.13. The number of hydrogen-bond donors (Lipinski definition) is 0. The first-order valence-corrected chi connectivity index (χ1v) is 6.07. The fraction of sp³-hybridized carbons (Fsp3) is 0.0769. The van der Waals surface area contributed by atoms with Crippen LogP contribution in [-0.4, -0.2) is 14.5 Å². The van der Waals surface area contributed by atoms with Gasteiger partial charge in [-0.1, -0.05) is 6.07 Å².